The molecule has 32 heavy (non-hydrogen) atoms. The lowest BCUT2D eigenvalue weighted by atomic mass is 10.3. The molecule has 0 aliphatic heterocycles. The van der Waals surface area contributed by atoms with Crippen molar-refractivity contribution in [2.75, 3.05) is 6.54 Å². The maximum Gasteiger partial charge on any atom is 0.469 e. The first-order chi connectivity index (χ1) is 13.6. The molecule has 0 aliphatic carbocycles. The van der Waals surface area contributed by atoms with Gasteiger partial charge in [-0.3, -0.25) is 23.2 Å². The standard InChI is InChI=1S/C6H20N2O18P6/c1-3(7-4(27(9,10)11)28(12,13)14)2-8(5(29(15,16)17)30(18,19)20)6(31(21,22)23)32(24,25)26/h3,5-6,9-11H,2H2,1H3,(H9-,12,13,14,15,16,17,18,19,20,21,22,23,24,25,26)/p+1. The fraction of sp³-hybridized carbons (Fsp3) is 0.833. The SMILES string of the molecule is CC(CN(C(P(=O)(O)O)P(=O)(O)O)C(P(=O)(O)O)P(=O)(O)O)N=C(P(=O)(O)O)[P+](O)(O)O. The van der Waals surface area contributed by atoms with Gasteiger partial charge in [-0.05, 0) is 6.92 Å². The Kier molecular flexibility index (Phi) is 10.6. The molecule has 0 radical (unpaired) electrons. The van der Waals surface area contributed by atoms with Crippen molar-refractivity contribution >= 4 is 51.1 Å². The first-order valence-corrected chi connectivity index (χ1v) is 17.3. The Morgan fingerprint density at radius 2 is 1.00 bits per heavy atom. The Labute approximate surface area is 178 Å². The van der Waals surface area contributed by atoms with Gasteiger partial charge in [0.15, 0.2) is 0 Å². The monoisotopic (exact) mass is 595 g/mol. The Bertz CT molecular complexity index is 849. The van der Waals surface area contributed by atoms with Crippen molar-refractivity contribution in [2.45, 2.75) is 24.0 Å². The third-order valence-corrected chi connectivity index (χ3v) is 13.2. The molecule has 20 nitrogen and oxygen atoms in total. The van der Waals surface area contributed by atoms with Crippen LogP contribution in [0.5, 0.6) is 0 Å². The van der Waals surface area contributed by atoms with Gasteiger partial charge in [-0.15, -0.1) is 0 Å². The summed E-state index contributed by atoms with van der Waals surface area (Å²) in [5, 5.41) is -2.01. The van der Waals surface area contributed by atoms with E-state index in [4.69, 9.17) is 24.5 Å². The van der Waals surface area contributed by atoms with Crippen molar-refractivity contribution < 1.29 is 86.4 Å². The van der Waals surface area contributed by atoms with E-state index in [-0.39, 0.29) is 0 Å². The molecule has 0 aromatic heterocycles. The van der Waals surface area contributed by atoms with Crippen LogP contribution < -0.4 is 0 Å². The van der Waals surface area contributed by atoms with Gasteiger partial charge in [0.05, 0.1) is 6.04 Å². The fourth-order valence-electron chi connectivity index (χ4n) is 2.34. The summed E-state index contributed by atoms with van der Waals surface area (Å²) < 4.78 is 58.0. The molecule has 0 aromatic carbocycles. The van der Waals surface area contributed by atoms with Gasteiger partial charge >= 0.3 is 51.1 Å². The normalized spacial score (nSPS) is 16.8. The number of aliphatic imine (C=N–C) groups is 1. The predicted molar refractivity (Wildman–Crippen MR) is 105 cm³/mol. The summed E-state index contributed by atoms with van der Waals surface area (Å²) in [6.07, 6.45) is 0. The molecule has 0 amide bonds. The highest BCUT2D eigenvalue weighted by molar-refractivity contribution is 8.00. The molecule has 0 saturated carbocycles. The summed E-state index contributed by atoms with van der Waals surface area (Å²) in [5.41, 5.74) is -7.18. The van der Waals surface area contributed by atoms with E-state index in [9.17, 15) is 62.0 Å². The molecule has 0 bridgehead atoms. The molecule has 0 rings (SSSR count). The molecular weight excluding hydrogens is 574 g/mol. The highest BCUT2D eigenvalue weighted by atomic mass is 31.3. The van der Waals surface area contributed by atoms with E-state index in [0.29, 0.717) is 6.92 Å². The fourth-order valence-corrected chi connectivity index (χ4v) is 10.5. The summed E-state index contributed by atoms with van der Waals surface area (Å²) in [6, 6.07) is -2.08. The number of rotatable bonds is 11. The highest BCUT2D eigenvalue weighted by Crippen LogP contribution is 2.69. The summed E-state index contributed by atoms with van der Waals surface area (Å²) in [4.78, 5) is 122. The number of hydrogen-bond donors (Lipinski definition) is 13. The minimum Gasteiger partial charge on any atom is -0.323 e. The third kappa shape index (κ3) is 9.74. The van der Waals surface area contributed by atoms with Crippen LogP contribution >= 0.6 is 45.9 Å². The highest BCUT2D eigenvalue weighted by Gasteiger charge is 2.59. The summed E-state index contributed by atoms with van der Waals surface area (Å²) in [6.45, 7) is -0.990. The van der Waals surface area contributed by atoms with Crippen molar-refractivity contribution in [1.82, 2.24) is 4.90 Å². The van der Waals surface area contributed by atoms with Gasteiger partial charge in [0, 0.05) is 6.54 Å². The molecule has 0 aromatic rings. The first-order valence-electron chi connectivity index (χ1n) is 7.29. The van der Waals surface area contributed by atoms with Crippen LogP contribution in [0.2, 0.25) is 0 Å². The van der Waals surface area contributed by atoms with Gasteiger partial charge in [-0.2, -0.15) is 14.7 Å². The average molecular weight is 595 g/mol. The van der Waals surface area contributed by atoms with Crippen LogP contribution in [0.4, 0.5) is 0 Å². The minimum atomic E-state index is -6.17. The van der Waals surface area contributed by atoms with Crippen molar-refractivity contribution in [2.24, 2.45) is 4.99 Å². The second kappa shape index (κ2) is 10.4. The average Bonchev–Trinajstić information content (AvgIpc) is 2.35. The number of nitrogens with zero attached hydrogens (tertiary/aromatic N) is 2. The summed E-state index contributed by atoms with van der Waals surface area (Å²) in [5.74, 6) is 0. The Morgan fingerprint density at radius 1 is 0.719 bits per heavy atom. The van der Waals surface area contributed by atoms with E-state index in [1.807, 2.05) is 0 Å². The molecule has 26 heteroatoms. The zero-order valence-electron chi connectivity index (χ0n) is 15.4. The maximum atomic E-state index is 11.7. The van der Waals surface area contributed by atoms with Crippen LogP contribution in [0.3, 0.4) is 0 Å². The smallest absolute Gasteiger partial charge is 0.323 e. The van der Waals surface area contributed by atoms with E-state index in [0.717, 1.165) is 0 Å². The first kappa shape index (κ1) is 32.7. The number of hydrogen-bond acceptors (Lipinski definition) is 10. The van der Waals surface area contributed by atoms with Crippen LogP contribution in [0, 0.1) is 0 Å². The van der Waals surface area contributed by atoms with E-state index >= 15 is 0 Å². The van der Waals surface area contributed by atoms with Gasteiger partial charge in [-0.1, -0.05) is 0 Å². The minimum absolute atomic E-state index is 0.658. The van der Waals surface area contributed by atoms with Crippen LogP contribution in [0.1, 0.15) is 6.92 Å². The van der Waals surface area contributed by atoms with Gasteiger partial charge < -0.3 is 48.9 Å². The maximum absolute atomic E-state index is 11.7. The van der Waals surface area contributed by atoms with Crippen LogP contribution in [-0.4, -0.2) is 97.3 Å². The lowest BCUT2D eigenvalue weighted by Crippen LogP contribution is -2.46. The molecule has 192 valence electrons. The summed E-state index contributed by atoms with van der Waals surface area (Å²) >= 11 is 0. The third-order valence-electron chi connectivity index (χ3n) is 3.14. The van der Waals surface area contributed by atoms with Gasteiger partial charge in [-0.25, -0.2) is 9.56 Å². The topological polar surface area (TPSA) is 364 Å². The van der Waals surface area contributed by atoms with E-state index in [2.05, 4.69) is 4.99 Å². The van der Waals surface area contributed by atoms with E-state index in [1.54, 1.807) is 0 Å². The Morgan fingerprint density at radius 3 is 1.19 bits per heavy atom. The predicted octanol–water partition coefficient (Wildman–Crippen LogP) is -2.77. The van der Waals surface area contributed by atoms with Crippen LogP contribution in [0.15, 0.2) is 4.99 Å². The molecular formula is C6H21N2O18P6+. The van der Waals surface area contributed by atoms with Gasteiger partial charge in [0.1, 0.15) is 0 Å². The molecule has 1 unspecified atom stereocenters. The zero-order valence-corrected chi connectivity index (χ0v) is 20.7. The molecule has 0 aliphatic rings. The quantitative estimate of drug-likeness (QED) is 0.0848. The Balaban J connectivity index is 7.00. The molecule has 13 N–H and O–H groups in total. The van der Waals surface area contributed by atoms with Gasteiger partial charge in [0.2, 0.25) is 11.0 Å². The molecule has 1 atom stereocenters. The second-order valence-corrected chi connectivity index (χ2v) is 17.0. The van der Waals surface area contributed by atoms with E-state index < -0.39 is 79.7 Å². The lowest BCUT2D eigenvalue weighted by Gasteiger charge is -2.38. The molecule has 0 fully saturated rings. The zero-order chi connectivity index (χ0) is 26.3. The van der Waals surface area contributed by atoms with Crippen molar-refractivity contribution in [3.05, 3.63) is 0 Å². The molecule has 0 heterocycles. The lowest BCUT2D eigenvalue weighted by molar-refractivity contribution is 0.195. The Hall–Kier alpha value is 0.690. The summed E-state index contributed by atoms with van der Waals surface area (Å²) in [7, 11) is -36.0. The molecule has 0 spiro atoms. The van der Waals surface area contributed by atoms with E-state index in [1.165, 1.54) is 0 Å². The van der Waals surface area contributed by atoms with Crippen molar-refractivity contribution in [3.63, 3.8) is 0 Å². The largest absolute Gasteiger partial charge is 0.469 e. The van der Waals surface area contributed by atoms with Crippen molar-refractivity contribution in [3.8, 4) is 0 Å². The molecule has 0 saturated heterocycles. The second-order valence-electron chi connectivity index (χ2n) is 6.14. The van der Waals surface area contributed by atoms with Crippen molar-refractivity contribution in [1.29, 1.82) is 0 Å². The van der Waals surface area contributed by atoms with Gasteiger partial charge in [0.25, 0.3) is 0 Å². The van der Waals surface area contributed by atoms with Crippen LogP contribution in [-0.2, 0) is 22.8 Å². The van der Waals surface area contributed by atoms with Crippen LogP contribution in [0.25, 0.3) is 0 Å².